The second-order valence-corrected chi connectivity index (χ2v) is 5.64. The smallest absolute Gasteiger partial charge is 0.335 e. The number of carboxylic acids is 1. The molecule has 1 aromatic heterocycles. The van der Waals surface area contributed by atoms with Crippen molar-refractivity contribution in [2.24, 2.45) is 0 Å². The van der Waals surface area contributed by atoms with E-state index >= 15 is 0 Å². The predicted molar refractivity (Wildman–Crippen MR) is 100 cm³/mol. The molecular weight excluding hydrogens is 334 g/mol. The minimum atomic E-state index is -0.907. The molecule has 2 aromatic carbocycles. The van der Waals surface area contributed by atoms with Crippen LogP contribution in [0.4, 0.5) is 0 Å². The second kappa shape index (κ2) is 8.20. The first-order valence-corrected chi connectivity index (χ1v) is 7.92. The minimum absolute atomic E-state index is 0.108. The van der Waals surface area contributed by atoms with Gasteiger partial charge in [-0.3, -0.25) is 4.79 Å². The van der Waals surface area contributed by atoms with E-state index in [1.54, 1.807) is 32.2 Å². The van der Waals surface area contributed by atoms with Gasteiger partial charge in [-0.1, -0.05) is 18.2 Å². The molecule has 0 unspecified atom stereocenters. The van der Waals surface area contributed by atoms with E-state index in [1.807, 2.05) is 31.2 Å². The van der Waals surface area contributed by atoms with Crippen LogP contribution in [0.15, 0.2) is 53.3 Å². The van der Waals surface area contributed by atoms with Gasteiger partial charge in [0, 0.05) is 0 Å². The molecule has 1 N–H and O–H groups in total. The van der Waals surface area contributed by atoms with Gasteiger partial charge in [0.15, 0.2) is 0 Å². The van der Waals surface area contributed by atoms with Crippen LogP contribution in [-0.2, 0) is 0 Å². The minimum Gasteiger partial charge on any atom is -0.497 e. The van der Waals surface area contributed by atoms with Crippen molar-refractivity contribution >= 4 is 16.7 Å². The number of carboxylic acid groups (broad SMARTS) is 1. The average Bonchev–Trinajstić information content (AvgIpc) is 2.62. The average molecular weight is 355 g/mol. The van der Waals surface area contributed by atoms with E-state index in [-0.39, 0.29) is 5.56 Å². The van der Waals surface area contributed by atoms with Crippen molar-refractivity contribution in [3.05, 3.63) is 75.7 Å². The first-order valence-electron chi connectivity index (χ1n) is 7.92. The lowest BCUT2D eigenvalue weighted by atomic mass is 10.1. The highest BCUT2D eigenvalue weighted by Gasteiger charge is 2.06. The molecule has 26 heavy (non-hydrogen) atoms. The fraction of sp³-hybridized carbons (Fsp3) is 0.200. The Labute approximate surface area is 151 Å². The van der Waals surface area contributed by atoms with Gasteiger partial charge in [0.25, 0.3) is 5.56 Å². The summed E-state index contributed by atoms with van der Waals surface area (Å²) in [5.41, 5.74) is 1.72. The van der Waals surface area contributed by atoms with Gasteiger partial charge in [0.1, 0.15) is 12.9 Å². The monoisotopic (exact) mass is 355 g/mol. The number of aryl methyl sites for hydroxylation is 2. The summed E-state index contributed by atoms with van der Waals surface area (Å²) in [4.78, 5) is 27.4. The summed E-state index contributed by atoms with van der Waals surface area (Å²) < 4.78 is 6.23. The number of ether oxygens (including phenoxy) is 1. The Hall–Kier alpha value is -3.28. The Morgan fingerprint density at radius 1 is 1.04 bits per heavy atom. The van der Waals surface area contributed by atoms with Crippen molar-refractivity contribution in [1.82, 2.24) is 4.73 Å². The van der Waals surface area contributed by atoms with Crippen molar-refractivity contribution in [1.29, 1.82) is 0 Å². The van der Waals surface area contributed by atoms with E-state index in [2.05, 4.69) is 0 Å². The van der Waals surface area contributed by atoms with Gasteiger partial charge < -0.3 is 14.7 Å². The van der Waals surface area contributed by atoms with E-state index in [0.717, 1.165) is 11.1 Å². The zero-order valence-corrected chi connectivity index (χ0v) is 15.1. The number of methoxy groups -OCH3 is 1. The zero-order chi connectivity index (χ0) is 19.3. The van der Waals surface area contributed by atoms with Crippen molar-refractivity contribution in [2.75, 3.05) is 14.2 Å². The lowest BCUT2D eigenvalue weighted by Crippen LogP contribution is -2.26. The van der Waals surface area contributed by atoms with Crippen molar-refractivity contribution < 1.29 is 19.5 Å². The SMILES string of the molecule is COc1ccc(C(=O)O)c(C)c1.COn1c(C)cc2ccccc2c1=O. The molecule has 0 saturated carbocycles. The van der Waals surface area contributed by atoms with Crippen LogP contribution in [0.3, 0.4) is 0 Å². The van der Waals surface area contributed by atoms with Crippen molar-refractivity contribution in [3.63, 3.8) is 0 Å². The quantitative estimate of drug-likeness (QED) is 0.781. The predicted octanol–water partition coefficient (Wildman–Crippen LogP) is 3.07. The molecule has 136 valence electrons. The molecule has 0 spiro atoms. The first kappa shape index (κ1) is 19.1. The molecule has 0 atom stereocenters. The number of hydrogen-bond acceptors (Lipinski definition) is 4. The van der Waals surface area contributed by atoms with Crippen LogP contribution in [0.1, 0.15) is 21.6 Å². The summed E-state index contributed by atoms with van der Waals surface area (Å²) in [7, 11) is 3.04. The number of carbonyl (C=O) groups is 1. The molecule has 0 aliphatic rings. The van der Waals surface area contributed by atoms with Gasteiger partial charge >= 0.3 is 5.97 Å². The first-order chi connectivity index (χ1) is 12.4. The summed E-state index contributed by atoms with van der Waals surface area (Å²) in [5.74, 6) is -0.229. The van der Waals surface area contributed by atoms with E-state index in [0.29, 0.717) is 22.3 Å². The maximum atomic E-state index is 11.8. The Bertz CT molecular complexity index is 991. The maximum Gasteiger partial charge on any atom is 0.335 e. The summed E-state index contributed by atoms with van der Waals surface area (Å²) in [6.07, 6.45) is 0. The van der Waals surface area contributed by atoms with Crippen LogP contribution in [0.25, 0.3) is 10.8 Å². The number of hydrogen-bond donors (Lipinski definition) is 1. The molecular formula is C20H21NO5. The summed E-state index contributed by atoms with van der Waals surface area (Å²) in [5, 5.41) is 10.3. The molecule has 6 heteroatoms. The standard InChI is InChI=1S/C11H11NO2.C9H10O3/c1-8-7-9-5-3-4-6-10(9)11(13)12(8)14-2;1-6-5-7(12-2)3-4-8(6)9(10)11/h3-7H,1-2H3;3-5H,1-2H3,(H,10,11). The summed E-state index contributed by atoms with van der Waals surface area (Å²) in [6, 6.07) is 14.3. The number of rotatable bonds is 3. The Balaban J connectivity index is 0.000000190. The van der Waals surface area contributed by atoms with Crippen LogP contribution in [0.5, 0.6) is 5.75 Å². The molecule has 0 radical (unpaired) electrons. The molecule has 0 aliphatic heterocycles. The van der Waals surface area contributed by atoms with Crippen LogP contribution < -0.4 is 15.1 Å². The molecule has 3 rings (SSSR count). The molecule has 6 nitrogen and oxygen atoms in total. The van der Waals surface area contributed by atoms with Crippen LogP contribution in [0.2, 0.25) is 0 Å². The Morgan fingerprint density at radius 2 is 1.73 bits per heavy atom. The van der Waals surface area contributed by atoms with E-state index in [1.165, 1.54) is 17.9 Å². The lowest BCUT2D eigenvalue weighted by Gasteiger charge is -2.08. The number of nitrogens with zero attached hydrogens (tertiary/aromatic N) is 1. The molecule has 0 fully saturated rings. The van der Waals surface area contributed by atoms with Crippen molar-refractivity contribution in [3.8, 4) is 5.75 Å². The zero-order valence-electron chi connectivity index (χ0n) is 15.1. The highest BCUT2D eigenvalue weighted by Crippen LogP contribution is 2.16. The maximum absolute atomic E-state index is 11.8. The third-order valence-electron chi connectivity index (χ3n) is 3.91. The van der Waals surface area contributed by atoms with Gasteiger partial charge in [-0.2, -0.15) is 0 Å². The van der Waals surface area contributed by atoms with Crippen molar-refractivity contribution in [2.45, 2.75) is 13.8 Å². The van der Waals surface area contributed by atoms with Crippen LogP contribution in [-0.4, -0.2) is 30.0 Å². The highest BCUT2D eigenvalue weighted by atomic mass is 16.6. The van der Waals surface area contributed by atoms with Gasteiger partial charge in [-0.05, 0) is 55.1 Å². The van der Waals surface area contributed by atoms with E-state index in [9.17, 15) is 9.59 Å². The number of fused-ring (bicyclic) bond motifs is 1. The van der Waals surface area contributed by atoms with Gasteiger partial charge in [-0.25, -0.2) is 4.79 Å². The number of aromatic carboxylic acids is 1. The highest BCUT2D eigenvalue weighted by molar-refractivity contribution is 5.89. The molecule has 0 aliphatic carbocycles. The molecule has 3 aromatic rings. The van der Waals surface area contributed by atoms with E-state index < -0.39 is 5.97 Å². The Kier molecular flexibility index (Phi) is 6.01. The fourth-order valence-electron chi connectivity index (χ4n) is 2.60. The summed E-state index contributed by atoms with van der Waals surface area (Å²) in [6.45, 7) is 3.59. The van der Waals surface area contributed by atoms with Gasteiger partial charge in [0.2, 0.25) is 0 Å². The molecule has 0 bridgehead atoms. The molecule has 0 saturated heterocycles. The number of benzene rings is 2. The molecule has 0 amide bonds. The number of pyridine rings is 1. The van der Waals surface area contributed by atoms with E-state index in [4.69, 9.17) is 14.7 Å². The topological polar surface area (TPSA) is 77.8 Å². The third kappa shape index (κ3) is 4.03. The fourth-order valence-corrected chi connectivity index (χ4v) is 2.60. The van der Waals surface area contributed by atoms with Crippen LogP contribution in [0, 0.1) is 13.8 Å². The Morgan fingerprint density at radius 3 is 2.31 bits per heavy atom. The van der Waals surface area contributed by atoms with Crippen LogP contribution >= 0.6 is 0 Å². The largest absolute Gasteiger partial charge is 0.497 e. The molecule has 1 heterocycles. The third-order valence-corrected chi connectivity index (χ3v) is 3.91. The normalized spacial score (nSPS) is 10.0. The van der Waals surface area contributed by atoms with Gasteiger partial charge in [0.05, 0.1) is 23.8 Å². The number of aromatic nitrogens is 1. The van der Waals surface area contributed by atoms with Gasteiger partial charge in [-0.15, -0.1) is 4.73 Å². The lowest BCUT2D eigenvalue weighted by molar-refractivity contribution is 0.0696. The second-order valence-electron chi connectivity index (χ2n) is 5.64. The summed E-state index contributed by atoms with van der Waals surface area (Å²) >= 11 is 0.